The Morgan fingerprint density at radius 2 is 0.946 bits per heavy atom. The van der Waals surface area contributed by atoms with Gasteiger partial charge in [-0.15, -0.1) is 0 Å². The molecule has 0 aromatic heterocycles. The van der Waals surface area contributed by atoms with E-state index in [9.17, 15) is 19.8 Å². The standard InChI is InChI=1S/2C13H22N.C4H6O5/c2*1-4-14(5-2,6-3)12-13-10-8-7-9-11-13;5-2(4(8)9)1-3(6)7/h2*7-11H,4-6,12H2,1-3H3;2,5H,1H2,(H,6,7)(H,8,9)/q2*+1;/p-2. The van der Waals surface area contributed by atoms with E-state index in [1.165, 1.54) is 72.5 Å². The summed E-state index contributed by atoms with van der Waals surface area (Å²) in [6, 6.07) is 21.6. The third-order valence-electron chi connectivity index (χ3n) is 7.38. The predicted molar refractivity (Wildman–Crippen MR) is 145 cm³/mol. The van der Waals surface area contributed by atoms with Crippen molar-refractivity contribution in [1.29, 1.82) is 0 Å². The number of aliphatic hydroxyl groups excluding tert-OH is 1. The van der Waals surface area contributed by atoms with Gasteiger partial charge < -0.3 is 33.9 Å². The lowest BCUT2D eigenvalue weighted by atomic mass is 10.2. The summed E-state index contributed by atoms with van der Waals surface area (Å²) in [7, 11) is 0. The van der Waals surface area contributed by atoms with Crippen LogP contribution in [-0.4, -0.2) is 71.4 Å². The first kappa shape index (κ1) is 34.3. The lowest BCUT2D eigenvalue weighted by Crippen LogP contribution is -2.46. The molecule has 0 saturated heterocycles. The maximum Gasteiger partial charge on any atom is 0.104 e. The lowest BCUT2D eigenvalue weighted by Gasteiger charge is -2.35. The Balaban J connectivity index is 0.000000541. The van der Waals surface area contributed by atoms with Crippen LogP contribution in [0.25, 0.3) is 0 Å². The molecule has 0 aliphatic heterocycles. The molecule has 208 valence electrons. The van der Waals surface area contributed by atoms with E-state index < -0.39 is 24.5 Å². The molecule has 2 rings (SSSR count). The van der Waals surface area contributed by atoms with Crippen molar-refractivity contribution in [1.82, 2.24) is 0 Å². The Kier molecular flexibility index (Phi) is 17.1. The normalized spacial score (nSPS) is 11.9. The highest BCUT2D eigenvalue weighted by Gasteiger charge is 2.21. The second-order valence-corrected chi connectivity index (χ2v) is 9.28. The molecule has 0 aliphatic rings. The Morgan fingerprint density at radius 3 is 1.14 bits per heavy atom. The maximum atomic E-state index is 9.58. The minimum atomic E-state index is -1.96. The summed E-state index contributed by atoms with van der Waals surface area (Å²) in [5.74, 6) is -3.43. The molecule has 7 nitrogen and oxygen atoms in total. The number of carbonyl (C=O) groups is 2. The van der Waals surface area contributed by atoms with Crippen molar-refractivity contribution < 1.29 is 33.9 Å². The van der Waals surface area contributed by atoms with Crippen LogP contribution in [-0.2, 0) is 22.7 Å². The van der Waals surface area contributed by atoms with Crippen LogP contribution < -0.4 is 10.2 Å². The number of hydrogen-bond acceptors (Lipinski definition) is 5. The summed E-state index contributed by atoms with van der Waals surface area (Å²) in [4.78, 5) is 19.1. The number of carboxylic acids is 2. The Labute approximate surface area is 224 Å². The summed E-state index contributed by atoms with van der Waals surface area (Å²) < 4.78 is 2.40. The molecule has 2 aromatic carbocycles. The van der Waals surface area contributed by atoms with Crippen molar-refractivity contribution >= 4 is 11.9 Å². The SMILES string of the molecule is CC[N+](CC)(CC)Cc1ccccc1.CC[N+](CC)(CC)Cc1ccccc1.O=C([O-])CC(O)C(=O)[O-]. The molecule has 0 aliphatic carbocycles. The van der Waals surface area contributed by atoms with E-state index >= 15 is 0 Å². The molecule has 1 unspecified atom stereocenters. The van der Waals surface area contributed by atoms with E-state index in [1.807, 2.05) is 0 Å². The van der Waals surface area contributed by atoms with E-state index in [2.05, 4.69) is 102 Å². The number of quaternary nitrogens is 2. The van der Waals surface area contributed by atoms with Crippen LogP contribution in [0.5, 0.6) is 0 Å². The van der Waals surface area contributed by atoms with Crippen molar-refractivity contribution in [2.24, 2.45) is 0 Å². The highest BCUT2D eigenvalue weighted by Crippen LogP contribution is 2.14. The Morgan fingerprint density at radius 1 is 0.649 bits per heavy atom. The van der Waals surface area contributed by atoms with Gasteiger partial charge in [0.05, 0.1) is 51.3 Å². The fourth-order valence-corrected chi connectivity index (χ4v) is 4.20. The summed E-state index contributed by atoms with van der Waals surface area (Å²) in [5, 5.41) is 27.3. The first-order valence-electron chi connectivity index (χ1n) is 13.4. The smallest absolute Gasteiger partial charge is 0.104 e. The van der Waals surface area contributed by atoms with Crippen molar-refractivity contribution in [3.63, 3.8) is 0 Å². The number of carbonyl (C=O) groups excluding carboxylic acids is 2. The summed E-state index contributed by atoms with van der Waals surface area (Å²) >= 11 is 0. The molecular weight excluding hydrogens is 468 g/mol. The second-order valence-electron chi connectivity index (χ2n) is 9.28. The highest BCUT2D eigenvalue weighted by molar-refractivity contribution is 5.77. The molecule has 0 bridgehead atoms. The third-order valence-corrected chi connectivity index (χ3v) is 7.38. The molecule has 2 aromatic rings. The number of benzene rings is 2. The number of nitrogens with zero attached hydrogens (tertiary/aromatic N) is 2. The average Bonchev–Trinajstić information content (AvgIpc) is 2.92. The van der Waals surface area contributed by atoms with Crippen molar-refractivity contribution in [3.8, 4) is 0 Å². The summed E-state index contributed by atoms with van der Waals surface area (Å²) in [6.45, 7) is 23.4. The third kappa shape index (κ3) is 13.4. The van der Waals surface area contributed by atoms with E-state index in [0.29, 0.717) is 0 Å². The van der Waals surface area contributed by atoms with Crippen LogP contribution in [0.4, 0.5) is 0 Å². The van der Waals surface area contributed by atoms with E-state index in [4.69, 9.17) is 5.11 Å². The average molecular weight is 517 g/mol. The van der Waals surface area contributed by atoms with Gasteiger partial charge in [0, 0.05) is 23.5 Å². The predicted octanol–water partition coefficient (Wildman–Crippen LogP) is 2.36. The van der Waals surface area contributed by atoms with Gasteiger partial charge in [-0.1, -0.05) is 60.7 Å². The number of hydrogen-bond donors (Lipinski definition) is 1. The number of aliphatic carboxylic acids is 2. The second kappa shape index (κ2) is 18.5. The Bertz CT molecular complexity index is 792. The van der Waals surface area contributed by atoms with E-state index in [0.717, 1.165) is 0 Å². The largest absolute Gasteiger partial charge is 0.550 e. The zero-order valence-electron chi connectivity index (χ0n) is 23.7. The van der Waals surface area contributed by atoms with Gasteiger partial charge >= 0.3 is 0 Å². The fourth-order valence-electron chi connectivity index (χ4n) is 4.20. The van der Waals surface area contributed by atoms with Crippen LogP contribution in [0.2, 0.25) is 0 Å². The molecule has 0 radical (unpaired) electrons. The summed E-state index contributed by atoms with van der Waals surface area (Å²) in [5.41, 5.74) is 2.91. The van der Waals surface area contributed by atoms with Gasteiger partial charge in [0.15, 0.2) is 0 Å². The first-order valence-corrected chi connectivity index (χ1v) is 13.4. The molecule has 0 heterocycles. The van der Waals surface area contributed by atoms with E-state index in [-0.39, 0.29) is 0 Å². The maximum absolute atomic E-state index is 9.58. The number of carboxylic acid groups (broad SMARTS) is 2. The van der Waals surface area contributed by atoms with Crippen molar-refractivity contribution in [3.05, 3.63) is 71.8 Å². The topological polar surface area (TPSA) is 100 Å². The van der Waals surface area contributed by atoms with Gasteiger partial charge in [-0.2, -0.15) is 0 Å². The molecule has 7 heteroatoms. The molecule has 37 heavy (non-hydrogen) atoms. The zero-order chi connectivity index (χ0) is 28.3. The highest BCUT2D eigenvalue weighted by atomic mass is 16.4. The zero-order valence-corrected chi connectivity index (χ0v) is 23.7. The minimum Gasteiger partial charge on any atom is -0.550 e. The molecule has 0 fully saturated rings. The quantitative estimate of drug-likeness (QED) is 0.412. The monoisotopic (exact) mass is 516 g/mol. The number of aliphatic hydroxyl groups is 1. The van der Waals surface area contributed by atoms with Crippen molar-refractivity contribution in [2.45, 2.75) is 67.2 Å². The van der Waals surface area contributed by atoms with Crippen LogP contribution in [0.15, 0.2) is 60.7 Å². The van der Waals surface area contributed by atoms with Gasteiger partial charge in [0.1, 0.15) is 13.1 Å². The fraction of sp³-hybridized carbons (Fsp3) is 0.533. The molecule has 1 atom stereocenters. The molecule has 1 N–H and O–H groups in total. The van der Waals surface area contributed by atoms with E-state index in [1.54, 1.807) is 0 Å². The molecular formula is C30H48N2O5. The van der Waals surface area contributed by atoms with Crippen molar-refractivity contribution in [2.75, 3.05) is 39.3 Å². The molecule has 0 amide bonds. The number of rotatable bonds is 13. The van der Waals surface area contributed by atoms with Crippen LogP contribution >= 0.6 is 0 Å². The van der Waals surface area contributed by atoms with Gasteiger partial charge in [-0.05, 0) is 41.5 Å². The lowest BCUT2D eigenvalue weighted by molar-refractivity contribution is -0.936. The van der Waals surface area contributed by atoms with Gasteiger partial charge in [0.25, 0.3) is 0 Å². The summed E-state index contributed by atoms with van der Waals surface area (Å²) in [6.07, 6.45) is -2.89. The Hall–Kier alpha value is -2.74. The minimum absolute atomic E-state index is 0.928. The van der Waals surface area contributed by atoms with Crippen LogP contribution in [0.3, 0.4) is 0 Å². The molecule has 0 spiro atoms. The van der Waals surface area contributed by atoms with Crippen LogP contribution in [0.1, 0.15) is 59.1 Å². The van der Waals surface area contributed by atoms with Gasteiger partial charge in [-0.25, -0.2) is 0 Å². The first-order chi connectivity index (χ1) is 17.6. The van der Waals surface area contributed by atoms with Gasteiger partial charge in [-0.3, -0.25) is 0 Å². The van der Waals surface area contributed by atoms with Gasteiger partial charge in [0.2, 0.25) is 0 Å². The molecule has 0 saturated carbocycles. The van der Waals surface area contributed by atoms with Crippen LogP contribution in [0, 0.1) is 0 Å².